The Morgan fingerprint density at radius 1 is 1.17 bits per heavy atom. The molecule has 0 aromatic heterocycles. The fourth-order valence-electron chi connectivity index (χ4n) is 2.19. The molecule has 3 rings (SSSR count). The highest BCUT2D eigenvalue weighted by Crippen LogP contribution is 2.20. The topological polar surface area (TPSA) is 76.0 Å². The van der Waals surface area contributed by atoms with Gasteiger partial charge in [0, 0.05) is 5.56 Å². The number of carbonyl (C=O) groups is 2. The number of carboxylic acid groups (broad SMARTS) is 1. The van der Waals surface area contributed by atoms with Crippen LogP contribution in [0.3, 0.4) is 0 Å². The van der Waals surface area contributed by atoms with Crippen LogP contribution < -0.4 is 0 Å². The number of esters is 1. The van der Waals surface area contributed by atoms with E-state index in [1.54, 1.807) is 18.2 Å². The number of aryl methyl sites for hydroxylation is 1. The summed E-state index contributed by atoms with van der Waals surface area (Å²) in [6, 6.07) is 13.7. The van der Waals surface area contributed by atoms with E-state index in [-0.39, 0.29) is 17.2 Å². The molecule has 2 aromatic rings. The zero-order chi connectivity index (χ0) is 16.4. The normalized spacial score (nSPS) is 15.4. The standard InChI is InChI=1S/C18H13NO4/c1-11-3-2-4-14(9-11)16-19-15(18(22)23-16)10-12-5-7-13(8-6-12)17(20)21/h2-10H,1H3,(H,20,21)/b15-10+. The van der Waals surface area contributed by atoms with Gasteiger partial charge in [-0.15, -0.1) is 0 Å². The van der Waals surface area contributed by atoms with Crippen molar-refractivity contribution in [2.24, 2.45) is 4.99 Å². The molecule has 5 heteroatoms. The van der Waals surface area contributed by atoms with E-state index in [0.717, 1.165) is 11.1 Å². The summed E-state index contributed by atoms with van der Waals surface area (Å²) >= 11 is 0. The van der Waals surface area contributed by atoms with Crippen molar-refractivity contribution in [1.29, 1.82) is 0 Å². The van der Waals surface area contributed by atoms with E-state index in [1.807, 2.05) is 31.2 Å². The molecule has 0 aliphatic carbocycles. The fraction of sp³-hybridized carbons (Fsp3) is 0.0556. The van der Waals surface area contributed by atoms with Crippen LogP contribution in [0.15, 0.2) is 59.2 Å². The molecule has 114 valence electrons. The van der Waals surface area contributed by atoms with Crippen LogP contribution in [-0.4, -0.2) is 22.9 Å². The van der Waals surface area contributed by atoms with Crippen molar-refractivity contribution in [2.75, 3.05) is 0 Å². The molecule has 0 saturated heterocycles. The molecule has 1 N–H and O–H groups in total. The van der Waals surface area contributed by atoms with Gasteiger partial charge in [0.05, 0.1) is 5.56 Å². The van der Waals surface area contributed by atoms with Crippen LogP contribution in [0, 0.1) is 6.92 Å². The van der Waals surface area contributed by atoms with Gasteiger partial charge < -0.3 is 9.84 Å². The summed E-state index contributed by atoms with van der Waals surface area (Å²) in [6.07, 6.45) is 1.57. The number of hydrogen-bond donors (Lipinski definition) is 1. The Labute approximate surface area is 132 Å². The number of aromatic carboxylic acids is 1. The first-order valence-electron chi connectivity index (χ1n) is 6.96. The molecule has 0 radical (unpaired) electrons. The third-order valence-electron chi connectivity index (χ3n) is 3.35. The lowest BCUT2D eigenvalue weighted by molar-refractivity contribution is -0.129. The second-order valence-corrected chi connectivity index (χ2v) is 5.13. The van der Waals surface area contributed by atoms with E-state index in [2.05, 4.69) is 4.99 Å². The molecule has 1 aliphatic rings. The molecule has 0 saturated carbocycles. The number of hydrogen-bond acceptors (Lipinski definition) is 4. The van der Waals surface area contributed by atoms with Crippen LogP contribution in [-0.2, 0) is 9.53 Å². The van der Waals surface area contributed by atoms with Crippen molar-refractivity contribution in [2.45, 2.75) is 6.92 Å². The van der Waals surface area contributed by atoms with Crippen LogP contribution >= 0.6 is 0 Å². The maximum absolute atomic E-state index is 11.9. The zero-order valence-electron chi connectivity index (χ0n) is 12.3. The minimum absolute atomic E-state index is 0.185. The highest BCUT2D eigenvalue weighted by Gasteiger charge is 2.24. The Morgan fingerprint density at radius 3 is 2.57 bits per heavy atom. The second kappa shape index (κ2) is 5.88. The van der Waals surface area contributed by atoms with Crippen LogP contribution in [0.2, 0.25) is 0 Å². The van der Waals surface area contributed by atoms with Gasteiger partial charge in [-0.25, -0.2) is 14.6 Å². The van der Waals surface area contributed by atoms with Gasteiger partial charge in [-0.3, -0.25) is 0 Å². The van der Waals surface area contributed by atoms with E-state index >= 15 is 0 Å². The second-order valence-electron chi connectivity index (χ2n) is 5.13. The Balaban J connectivity index is 1.90. The number of carbonyl (C=O) groups excluding carboxylic acids is 1. The lowest BCUT2D eigenvalue weighted by atomic mass is 10.1. The fourth-order valence-corrected chi connectivity index (χ4v) is 2.19. The van der Waals surface area contributed by atoms with Crippen LogP contribution in [0.5, 0.6) is 0 Å². The first-order valence-corrected chi connectivity index (χ1v) is 6.96. The largest absolute Gasteiger partial charge is 0.478 e. The molecule has 0 spiro atoms. The number of rotatable bonds is 3. The predicted octanol–water partition coefficient (Wildman–Crippen LogP) is 3.04. The average Bonchev–Trinajstić information content (AvgIpc) is 2.89. The lowest BCUT2D eigenvalue weighted by Crippen LogP contribution is -2.05. The van der Waals surface area contributed by atoms with E-state index in [4.69, 9.17) is 9.84 Å². The number of aliphatic imine (C=N–C) groups is 1. The average molecular weight is 307 g/mol. The minimum atomic E-state index is -0.996. The number of nitrogens with zero attached hydrogens (tertiary/aromatic N) is 1. The summed E-state index contributed by atoms with van der Waals surface area (Å²) in [5.41, 5.74) is 2.83. The molecule has 1 heterocycles. The van der Waals surface area contributed by atoms with Crippen molar-refractivity contribution >= 4 is 23.9 Å². The summed E-state index contributed by atoms with van der Waals surface area (Å²) in [4.78, 5) is 27.0. The van der Waals surface area contributed by atoms with Gasteiger partial charge in [-0.05, 0) is 42.8 Å². The predicted molar refractivity (Wildman–Crippen MR) is 85.2 cm³/mol. The highest BCUT2D eigenvalue weighted by atomic mass is 16.6. The number of cyclic esters (lactones) is 1. The molecule has 5 nitrogen and oxygen atoms in total. The van der Waals surface area contributed by atoms with Gasteiger partial charge in [0.2, 0.25) is 5.90 Å². The van der Waals surface area contributed by atoms with E-state index < -0.39 is 11.9 Å². The van der Waals surface area contributed by atoms with Crippen molar-refractivity contribution < 1.29 is 19.4 Å². The number of benzene rings is 2. The lowest BCUT2D eigenvalue weighted by Gasteiger charge is -1.99. The molecular formula is C18H13NO4. The Hall–Kier alpha value is -3.21. The number of ether oxygens (including phenoxy) is 1. The molecule has 1 aliphatic heterocycles. The van der Waals surface area contributed by atoms with Crippen molar-refractivity contribution in [3.63, 3.8) is 0 Å². The summed E-state index contributed by atoms with van der Waals surface area (Å²) < 4.78 is 5.20. The smallest absolute Gasteiger partial charge is 0.363 e. The zero-order valence-corrected chi connectivity index (χ0v) is 12.3. The van der Waals surface area contributed by atoms with Crippen LogP contribution in [0.25, 0.3) is 6.08 Å². The Kier molecular flexibility index (Phi) is 3.76. The van der Waals surface area contributed by atoms with Crippen molar-refractivity contribution in [1.82, 2.24) is 0 Å². The Bertz CT molecular complexity index is 848. The summed E-state index contributed by atoms with van der Waals surface area (Å²) in [6.45, 7) is 1.95. The molecule has 0 unspecified atom stereocenters. The van der Waals surface area contributed by atoms with Gasteiger partial charge in [0.1, 0.15) is 0 Å². The molecule has 0 bridgehead atoms. The first-order chi connectivity index (χ1) is 11.0. The molecular weight excluding hydrogens is 294 g/mol. The van der Waals surface area contributed by atoms with Crippen molar-refractivity contribution in [3.05, 3.63) is 76.5 Å². The third-order valence-corrected chi connectivity index (χ3v) is 3.35. The Morgan fingerprint density at radius 2 is 1.91 bits per heavy atom. The van der Waals surface area contributed by atoms with E-state index in [9.17, 15) is 9.59 Å². The van der Waals surface area contributed by atoms with Gasteiger partial charge in [-0.2, -0.15) is 0 Å². The molecule has 0 fully saturated rings. The maximum atomic E-state index is 11.9. The van der Waals surface area contributed by atoms with E-state index in [1.165, 1.54) is 12.1 Å². The van der Waals surface area contributed by atoms with Gasteiger partial charge >= 0.3 is 11.9 Å². The third kappa shape index (κ3) is 3.18. The summed E-state index contributed by atoms with van der Waals surface area (Å²) in [5.74, 6) is -1.25. The maximum Gasteiger partial charge on any atom is 0.363 e. The summed E-state index contributed by atoms with van der Waals surface area (Å²) in [5, 5.41) is 8.87. The monoisotopic (exact) mass is 307 g/mol. The van der Waals surface area contributed by atoms with Crippen LogP contribution in [0.1, 0.15) is 27.0 Å². The van der Waals surface area contributed by atoms with Gasteiger partial charge in [-0.1, -0.05) is 29.8 Å². The minimum Gasteiger partial charge on any atom is -0.478 e. The molecule has 2 aromatic carbocycles. The quantitative estimate of drug-likeness (QED) is 0.698. The van der Waals surface area contributed by atoms with Crippen LogP contribution in [0.4, 0.5) is 0 Å². The molecule has 0 amide bonds. The first kappa shape index (κ1) is 14.7. The highest BCUT2D eigenvalue weighted by molar-refractivity contribution is 6.12. The van der Waals surface area contributed by atoms with Gasteiger partial charge in [0.15, 0.2) is 5.70 Å². The van der Waals surface area contributed by atoms with Crippen molar-refractivity contribution in [3.8, 4) is 0 Å². The SMILES string of the molecule is Cc1cccc(C2=N/C(=C/c3ccc(C(=O)O)cc3)C(=O)O2)c1. The molecule has 0 atom stereocenters. The van der Waals surface area contributed by atoms with Gasteiger partial charge in [0.25, 0.3) is 0 Å². The molecule has 23 heavy (non-hydrogen) atoms. The summed E-state index contributed by atoms with van der Waals surface area (Å²) in [7, 11) is 0. The number of carboxylic acids is 1. The van der Waals surface area contributed by atoms with E-state index in [0.29, 0.717) is 5.56 Å².